The number of hydrogen-bond acceptors (Lipinski definition) is 3. The molecule has 0 spiro atoms. The number of aromatic hydroxyl groups is 1. The Labute approximate surface area is 103 Å². The van der Waals surface area contributed by atoms with Crippen LogP contribution in [0.5, 0.6) is 5.75 Å². The van der Waals surface area contributed by atoms with Crippen LogP contribution >= 0.6 is 0 Å². The third-order valence-electron chi connectivity index (χ3n) is 2.79. The first-order chi connectivity index (χ1) is 8.75. The van der Waals surface area contributed by atoms with E-state index in [0.29, 0.717) is 16.6 Å². The zero-order valence-electron chi connectivity index (χ0n) is 9.45. The number of para-hydroxylation sites is 1. The molecule has 0 unspecified atom stereocenters. The molecule has 1 aromatic heterocycles. The number of nitrogens with zero attached hydrogens (tertiary/aromatic N) is 2. The van der Waals surface area contributed by atoms with Gasteiger partial charge in [0.15, 0.2) is 0 Å². The standard InChI is InChI=1S/C14H10N2O2/c17-11-7-5-10(6-8-11)16-9-15-13-4-2-1-3-12(13)14(16)18/h1-9,17H. The molecule has 3 rings (SSSR count). The molecule has 0 aliphatic carbocycles. The highest BCUT2D eigenvalue weighted by atomic mass is 16.3. The molecule has 0 radical (unpaired) electrons. The zero-order chi connectivity index (χ0) is 12.5. The Kier molecular flexibility index (Phi) is 2.34. The fourth-order valence-electron chi connectivity index (χ4n) is 1.87. The summed E-state index contributed by atoms with van der Waals surface area (Å²) in [7, 11) is 0. The lowest BCUT2D eigenvalue weighted by Crippen LogP contribution is -2.18. The summed E-state index contributed by atoms with van der Waals surface area (Å²) in [4.78, 5) is 16.5. The van der Waals surface area contributed by atoms with Crippen LogP contribution in [0.4, 0.5) is 0 Å². The van der Waals surface area contributed by atoms with Gasteiger partial charge in [-0.1, -0.05) is 12.1 Å². The van der Waals surface area contributed by atoms with Gasteiger partial charge in [-0.05, 0) is 36.4 Å². The quantitative estimate of drug-likeness (QED) is 0.706. The number of rotatable bonds is 1. The largest absolute Gasteiger partial charge is 0.508 e. The van der Waals surface area contributed by atoms with Crippen LogP contribution in [0.15, 0.2) is 59.7 Å². The third kappa shape index (κ3) is 1.64. The Morgan fingerprint density at radius 2 is 1.72 bits per heavy atom. The van der Waals surface area contributed by atoms with E-state index < -0.39 is 0 Å². The molecule has 0 fully saturated rings. The lowest BCUT2D eigenvalue weighted by Gasteiger charge is -2.06. The molecule has 0 aliphatic rings. The molecule has 1 N–H and O–H groups in total. The van der Waals surface area contributed by atoms with Crippen LogP contribution in [-0.2, 0) is 0 Å². The van der Waals surface area contributed by atoms with Gasteiger partial charge in [-0.25, -0.2) is 4.98 Å². The molecular formula is C14H10N2O2. The maximum absolute atomic E-state index is 12.3. The van der Waals surface area contributed by atoms with Crippen molar-refractivity contribution in [3.8, 4) is 11.4 Å². The van der Waals surface area contributed by atoms with Crippen molar-refractivity contribution >= 4 is 10.9 Å². The Morgan fingerprint density at radius 1 is 1.00 bits per heavy atom. The lowest BCUT2D eigenvalue weighted by molar-refractivity contribution is 0.475. The highest BCUT2D eigenvalue weighted by molar-refractivity contribution is 5.77. The predicted octanol–water partition coefficient (Wildman–Crippen LogP) is 2.09. The van der Waals surface area contributed by atoms with Gasteiger partial charge in [-0.2, -0.15) is 0 Å². The summed E-state index contributed by atoms with van der Waals surface area (Å²) in [6.45, 7) is 0. The second-order valence-electron chi connectivity index (χ2n) is 3.95. The zero-order valence-corrected chi connectivity index (χ0v) is 9.45. The first-order valence-electron chi connectivity index (χ1n) is 5.51. The van der Waals surface area contributed by atoms with Crippen molar-refractivity contribution in [2.45, 2.75) is 0 Å². The smallest absolute Gasteiger partial charge is 0.265 e. The summed E-state index contributed by atoms with van der Waals surface area (Å²) in [5, 5.41) is 9.82. The van der Waals surface area contributed by atoms with Crippen LogP contribution in [0.3, 0.4) is 0 Å². The SMILES string of the molecule is O=c1c2ccccc2ncn1-c1ccc(O)cc1. The number of phenols is 1. The van der Waals surface area contributed by atoms with Gasteiger partial charge >= 0.3 is 0 Å². The average molecular weight is 238 g/mol. The first-order valence-corrected chi connectivity index (χ1v) is 5.51. The van der Waals surface area contributed by atoms with Gasteiger partial charge in [0.2, 0.25) is 0 Å². The van der Waals surface area contributed by atoms with Crippen molar-refractivity contribution in [3.05, 3.63) is 65.2 Å². The Balaban J connectivity index is 2.27. The van der Waals surface area contributed by atoms with E-state index in [1.807, 2.05) is 12.1 Å². The average Bonchev–Trinajstić information content (AvgIpc) is 2.41. The van der Waals surface area contributed by atoms with E-state index in [0.717, 1.165) is 0 Å². The topological polar surface area (TPSA) is 55.1 Å². The van der Waals surface area contributed by atoms with Gasteiger partial charge < -0.3 is 5.11 Å². The molecule has 0 amide bonds. The maximum atomic E-state index is 12.3. The molecule has 0 bridgehead atoms. The van der Waals surface area contributed by atoms with Crippen LogP contribution in [0.25, 0.3) is 16.6 Å². The van der Waals surface area contributed by atoms with Gasteiger partial charge in [0.05, 0.1) is 16.6 Å². The van der Waals surface area contributed by atoms with Gasteiger partial charge in [0.1, 0.15) is 12.1 Å². The van der Waals surface area contributed by atoms with E-state index >= 15 is 0 Å². The molecule has 0 saturated heterocycles. The van der Waals surface area contributed by atoms with Gasteiger partial charge in [-0.15, -0.1) is 0 Å². The molecule has 0 atom stereocenters. The highest BCUT2D eigenvalue weighted by Crippen LogP contribution is 2.13. The summed E-state index contributed by atoms with van der Waals surface area (Å²) in [5.41, 5.74) is 1.24. The van der Waals surface area contributed by atoms with Crippen LogP contribution in [-0.4, -0.2) is 14.7 Å². The van der Waals surface area contributed by atoms with E-state index in [2.05, 4.69) is 4.98 Å². The molecule has 3 aromatic rings. The Bertz CT molecular complexity index is 761. The van der Waals surface area contributed by atoms with Crippen LogP contribution in [0.1, 0.15) is 0 Å². The molecule has 1 heterocycles. The minimum atomic E-state index is -0.119. The van der Waals surface area contributed by atoms with Crippen LogP contribution in [0, 0.1) is 0 Å². The van der Waals surface area contributed by atoms with Crippen molar-refractivity contribution in [1.82, 2.24) is 9.55 Å². The van der Waals surface area contributed by atoms with Crippen LogP contribution < -0.4 is 5.56 Å². The van der Waals surface area contributed by atoms with Crippen molar-refractivity contribution < 1.29 is 5.11 Å². The summed E-state index contributed by atoms with van der Waals surface area (Å²) in [6, 6.07) is 13.6. The number of hydrogen-bond donors (Lipinski definition) is 1. The normalized spacial score (nSPS) is 10.7. The van der Waals surface area contributed by atoms with Crippen molar-refractivity contribution in [2.24, 2.45) is 0 Å². The van der Waals surface area contributed by atoms with Crippen LogP contribution in [0.2, 0.25) is 0 Å². The van der Waals surface area contributed by atoms with E-state index in [1.54, 1.807) is 24.3 Å². The van der Waals surface area contributed by atoms with E-state index in [9.17, 15) is 9.90 Å². The van der Waals surface area contributed by atoms with E-state index in [1.165, 1.54) is 23.0 Å². The molecule has 88 valence electrons. The second-order valence-corrected chi connectivity index (χ2v) is 3.95. The number of phenolic OH excluding ortho intramolecular Hbond substituents is 1. The summed E-state index contributed by atoms with van der Waals surface area (Å²) >= 11 is 0. The molecule has 0 aliphatic heterocycles. The number of aromatic nitrogens is 2. The maximum Gasteiger partial charge on any atom is 0.265 e. The molecule has 0 saturated carbocycles. The molecule has 18 heavy (non-hydrogen) atoms. The molecule has 2 aromatic carbocycles. The molecule has 4 heteroatoms. The lowest BCUT2D eigenvalue weighted by atomic mass is 10.2. The summed E-state index contributed by atoms with van der Waals surface area (Å²) < 4.78 is 1.46. The Morgan fingerprint density at radius 3 is 2.50 bits per heavy atom. The van der Waals surface area contributed by atoms with Crippen molar-refractivity contribution in [2.75, 3.05) is 0 Å². The van der Waals surface area contributed by atoms with Gasteiger partial charge in [-0.3, -0.25) is 9.36 Å². The van der Waals surface area contributed by atoms with Crippen molar-refractivity contribution in [3.63, 3.8) is 0 Å². The minimum absolute atomic E-state index is 0.119. The first kappa shape index (κ1) is 10.5. The molecular weight excluding hydrogens is 228 g/mol. The molecule has 4 nitrogen and oxygen atoms in total. The number of fused-ring (bicyclic) bond motifs is 1. The second kappa shape index (κ2) is 4.00. The number of benzene rings is 2. The predicted molar refractivity (Wildman–Crippen MR) is 69.0 cm³/mol. The fraction of sp³-hybridized carbons (Fsp3) is 0. The fourth-order valence-corrected chi connectivity index (χ4v) is 1.87. The summed E-state index contributed by atoms with van der Waals surface area (Å²) in [6.07, 6.45) is 1.50. The monoisotopic (exact) mass is 238 g/mol. The van der Waals surface area contributed by atoms with Gasteiger partial charge in [0.25, 0.3) is 5.56 Å². The third-order valence-corrected chi connectivity index (χ3v) is 2.79. The van der Waals surface area contributed by atoms with Crippen molar-refractivity contribution in [1.29, 1.82) is 0 Å². The van der Waals surface area contributed by atoms with E-state index in [4.69, 9.17) is 0 Å². The van der Waals surface area contributed by atoms with E-state index in [-0.39, 0.29) is 11.3 Å². The highest BCUT2D eigenvalue weighted by Gasteiger charge is 2.04. The summed E-state index contributed by atoms with van der Waals surface area (Å²) in [5.74, 6) is 0.167. The van der Waals surface area contributed by atoms with Gasteiger partial charge in [0, 0.05) is 0 Å². The Hall–Kier alpha value is -2.62. The minimum Gasteiger partial charge on any atom is -0.508 e.